The average molecular weight is 292 g/mol. The molecule has 0 aliphatic carbocycles. The molecule has 0 aliphatic rings. The number of methoxy groups -OCH3 is 1. The lowest BCUT2D eigenvalue weighted by molar-refractivity contribution is -0.144. The summed E-state index contributed by atoms with van der Waals surface area (Å²) in [6.07, 6.45) is 0.199. The van der Waals surface area contributed by atoms with Gasteiger partial charge in [0.05, 0.1) is 13.5 Å². The molecule has 2 atom stereocenters. The van der Waals surface area contributed by atoms with Gasteiger partial charge in [0.15, 0.2) is 0 Å². The highest BCUT2D eigenvalue weighted by Gasteiger charge is 2.21. The number of esters is 1. The van der Waals surface area contributed by atoms with Crippen molar-refractivity contribution in [3.8, 4) is 0 Å². The number of amides is 2. The van der Waals surface area contributed by atoms with Crippen molar-refractivity contribution in [2.75, 3.05) is 7.11 Å². The summed E-state index contributed by atoms with van der Waals surface area (Å²) in [5.41, 5.74) is 0.866. The fourth-order valence-corrected chi connectivity index (χ4v) is 1.71. The molecular formula is C15H20N2O4. The van der Waals surface area contributed by atoms with Crippen LogP contribution >= 0.6 is 0 Å². The number of benzene rings is 1. The number of hydrogen-bond acceptors (Lipinski definition) is 4. The Morgan fingerprint density at radius 1 is 1.05 bits per heavy atom. The zero-order chi connectivity index (χ0) is 15.8. The molecule has 2 unspecified atom stereocenters. The molecule has 1 aromatic rings. The molecule has 114 valence electrons. The van der Waals surface area contributed by atoms with Gasteiger partial charge >= 0.3 is 5.97 Å². The molecule has 6 heteroatoms. The number of carbonyl (C=O) groups is 3. The Kier molecular flexibility index (Phi) is 6.39. The highest BCUT2D eigenvalue weighted by Crippen LogP contribution is 1.99. The van der Waals surface area contributed by atoms with Crippen LogP contribution in [0.3, 0.4) is 0 Å². The molecule has 0 heterocycles. The zero-order valence-electron chi connectivity index (χ0n) is 12.4. The van der Waals surface area contributed by atoms with Gasteiger partial charge in [0.1, 0.15) is 12.1 Å². The van der Waals surface area contributed by atoms with Crippen molar-refractivity contribution in [3.05, 3.63) is 35.9 Å². The van der Waals surface area contributed by atoms with Crippen LogP contribution in [-0.4, -0.2) is 37.0 Å². The van der Waals surface area contributed by atoms with Gasteiger partial charge in [-0.1, -0.05) is 30.3 Å². The molecule has 1 aromatic carbocycles. The first kappa shape index (κ1) is 16.7. The van der Waals surface area contributed by atoms with Crippen molar-refractivity contribution in [3.63, 3.8) is 0 Å². The molecule has 0 saturated carbocycles. The predicted molar refractivity (Wildman–Crippen MR) is 77.4 cm³/mol. The normalized spacial score (nSPS) is 12.9. The molecular weight excluding hydrogens is 272 g/mol. The topological polar surface area (TPSA) is 84.5 Å². The van der Waals surface area contributed by atoms with E-state index in [1.54, 1.807) is 6.92 Å². The summed E-state index contributed by atoms with van der Waals surface area (Å²) in [4.78, 5) is 34.9. The summed E-state index contributed by atoms with van der Waals surface area (Å²) < 4.78 is 4.51. The van der Waals surface area contributed by atoms with Crippen molar-refractivity contribution in [2.24, 2.45) is 0 Å². The Balaban J connectivity index is 2.45. The van der Waals surface area contributed by atoms with Crippen LogP contribution in [0.15, 0.2) is 30.3 Å². The molecule has 0 fully saturated rings. The van der Waals surface area contributed by atoms with Gasteiger partial charge in [-0.05, 0) is 19.4 Å². The molecule has 0 spiro atoms. The van der Waals surface area contributed by atoms with Gasteiger partial charge < -0.3 is 15.4 Å². The van der Waals surface area contributed by atoms with Crippen LogP contribution in [0.1, 0.15) is 19.4 Å². The van der Waals surface area contributed by atoms with Crippen LogP contribution in [0.4, 0.5) is 0 Å². The smallest absolute Gasteiger partial charge is 0.328 e. The summed E-state index contributed by atoms with van der Waals surface area (Å²) in [5.74, 6) is -1.23. The van der Waals surface area contributed by atoms with E-state index in [0.717, 1.165) is 5.56 Å². The fourth-order valence-electron chi connectivity index (χ4n) is 1.71. The Bertz CT molecular complexity index is 502. The van der Waals surface area contributed by atoms with Crippen molar-refractivity contribution < 1.29 is 19.1 Å². The van der Waals surface area contributed by atoms with Crippen molar-refractivity contribution in [2.45, 2.75) is 32.4 Å². The number of ether oxygens (including phenoxy) is 1. The molecule has 0 aromatic heterocycles. The summed E-state index contributed by atoms with van der Waals surface area (Å²) in [6, 6.07) is 7.75. The minimum absolute atomic E-state index is 0.199. The van der Waals surface area contributed by atoms with Gasteiger partial charge in [0.2, 0.25) is 11.8 Å². The van der Waals surface area contributed by atoms with Gasteiger partial charge in [0, 0.05) is 0 Å². The summed E-state index contributed by atoms with van der Waals surface area (Å²) in [7, 11) is 1.25. The predicted octanol–water partition coefficient (Wildman–Crippen LogP) is 0.412. The summed E-state index contributed by atoms with van der Waals surface area (Å²) in [5, 5.41) is 5.06. The second-order valence-corrected chi connectivity index (χ2v) is 4.71. The Hall–Kier alpha value is -2.37. The van der Waals surface area contributed by atoms with Gasteiger partial charge in [0.25, 0.3) is 0 Å². The van der Waals surface area contributed by atoms with E-state index in [9.17, 15) is 14.4 Å². The van der Waals surface area contributed by atoms with E-state index >= 15 is 0 Å². The van der Waals surface area contributed by atoms with Gasteiger partial charge in [-0.25, -0.2) is 4.79 Å². The molecule has 0 aliphatic heterocycles. The van der Waals surface area contributed by atoms with Crippen molar-refractivity contribution in [1.82, 2.24) is 10.6 Å². The Morgan fingerprint density at radius 3 is 2.24 bits per heavy atom. The Labute approximate surface area is 123 Å². The molecule has 2 amide bonds. The molecule has 21 heavy (non-hydrogen) atoms. The first-order chi connectivity index (χ1) is 9.93. The van der Waals surface area contributed by atoms with E-state index in [2.05, 4.69) is 15.4 Å². The monoisotopic (exact) mass is 292 g/mol. The molecule has 0 bridgehead atoms. The summed E-state index contributed by atoms with van der Waals surface area (Å²) >= 11 is 0. The highest BCUT2D eigenvalue weighted by molar-refractivity contribution is 5.90. The molecule has 6 nitrogen and oxygen atoms in total. The van der Waals surface area contributed by atoms with E-state index in [4.69, 9.17) is 0 Å². The average Bonchev–Trinajstić information content (AvgIpc) is 2.46. The first-order valence-corrected chi connectivity index (χ1v) is 6.65. The van der Waals surface area contributed by atoms with Crippen LogP contribution in [0, 0.1) is 0 Å². The van der Waals surface area contributed by atoms with E-state index in [-0.39, 0.29) is 12.3 Å². The zero-order valence-corrected chi connectivity index (χ0v) is 12.4. The molecule has 0 saturated heterocycles. The van der Waals surface area contributed by atoms with Crippen molar-refractivity contribution >= 4 is 17.8 Å². The SMILES string of the molecule is COC(=O)C(C)NC(=O)C(C)NC(=O)Cc1ccccc1. The third-order valence-corrected chi connectivity index (χ3v) is 2.89. The maximum absolute atomic E-state index is 11.8. The van der Waals surface area contributed by atoms with Gasteiger partial charge in [-0.2, -0.15) is 0 Å². The van der Waals surface area contributed by atoms with Crippen LogP contribution in [0.25, 0.3) is 0 Å². The van der Waals surface area contributed by atoms with Crippen LogP contribution in [0.5, 0.6) is 0 Å². The number of carbonyl (C=O) groups excluding carboxylic acids is 3. The Morgan fingerprint density at radius 2 is 1.67 bits per heavy atom. The lowest BCUT2D eigenvalue weighted by Crippen LogP contribution is -2.49. The van der Waals surface area contributed by atoms with Gasteiger partial charge in [-0.3, -0.25) is 9.59 Å². The third-order valence-electron chi connectivity index (χ3n) is 2.89. The molecule has 1 rings (SSSR count). The number of hydrogen-bond donors (Lipinski definition) is 2. The standard InChI is InChI=1S/C15H20N2O4/c1-10(14(19)17-11(2)15(20)21-3)16-13(18)9-12-7-5-4-6-8-12/h4-8,10-11H,9H2,1-3H3,(H,16,18)(H,17,19). The third kappa shape index (κ3) is 5.64. The van der Waals surface area contributed by atoms with E-state index in [1.165, 1.54) is 14.0 Å². The quantitative estimate of drug-likeness (QED) is 0.744. The number of rotatable bonds is 6. The maximum atomic E-state index is 11.8. The first-order valence-electron chi connectivity index (χ1n) is 6.65. The lowest BCUT2D eigenvalue weighted by atomic mass is 10.1. The molecule has 2 N–H and O–H groups in total. The second kappa shape index (κ2) is 8.04. The lowest BCUT2D eigenvalue weighted by Gasteiger charge is -2.17. The van der Waals surface area contributed by atoms with E-state index < -0.39 is 24.0 Å². The number of nitrogens with one attached hydrogen (secondary N) is 2. The van der Waals surface area contributed by atoms with E-state index in [0.29, 0.717) is 0 Å². The molecule has 0 radical (unpaired) electrons. The van der Waals surface area contributed by atoms with E-state index in [1.807, 2.05) is 30.3 Å². The minimum Gasteiger partial charge on any atom is -0.467 e. The van der Waals surface area contributed by atoms with Crippen molar-refractivity contribution in [1.29, 1.82) is 0 Å². The van der Waals surface area contributed by atoms with Crippen LogP contribution in [0.2, 0.25) is 0 Å². The van der Waals surface area contributed by atoms with Crippen LogP contribution in [-0.2, 0) is 25.5 Å². The summed E-state index contributed by atoms with van der Waals surface area (Å²) in [6.45, 7) is 3.07. The highest BCUT2D eigenvalue weighted by atomic mass is 16.5. The van der Waals surface area contributed by atoms with Gasteiger partial charge in [-0.15, -0.1) is 0 Å². The fraction of sp³-hybridized carbons (Fsp3) is 0.400. The van der Waals surface area contributed by atoms with Crippen LogP contribution < -0.4 is 10.6 Å². The largest absolute Gasteiger partial charge is 0.467 e. The second-order valence-electron chi connectivity index (χ2n) is 4.71. The minimum atomic E-state index is -0.754. The maximum Gasteiger partial charge on any atom is 0.328 e.